The van der Waals surface area contributed by atoms with Crippen molar-refractivity contribution in [3.63, 3.8) is 0 Å². The molecule has 0 spiro atoms. The van der Waals surface area contributed by atoms with Gasteiger partial charge >= 0.3 is 0 Å². The number of carbonyl (C=O) groups excluding carboxylic acids is 1. The minimum atomic E-state index is -0.0522. The van der Waals surface area contributed by atoms with Gasteiger partial charge in [-0.3, -0.25) is 4.79 Å². The first-order valence-corrected chi connectivity index (χ1v) is 9.39. The Hall–Kier alpha value is -2.12. The number of nitrogens with one attached hydrogen (secondary N) is 1. The molecule has 0 saturated carbocycles. The van der Waals surface area contributed by atoms with E-state index >= 15 is 0 Å². The van der Waals surface area contributed by atoms with E-state index in [-0.39, 0.29) is 5.91 Å². The van der Waals surface area contributed by atoms with Crippen LogP contribution in [-0.2, 0) is 11.4 Å². The Balaban J connectivity index is 1.72. The Morgan fingerprint density at radius 3 is 2.96 bits per heavy atom. The van der Waals surface area contributed by atoms with Crippen LogP contribution in [0.25, 0.3) is 0 Å². The van der Waals surface area contributed by atoms with E-state index in [0.29, 0.717) is 17.5 Å². The molecule has 1 heterocycles. The molecule has 0 aromatic heterocycles. The van der Waals surface area contributed by atoms with Crippen LogP contribution in [0.5, 0.6) is 5.75 Å². The number of benzene rings is 2. The summed E-state index contributed by atoms with van der Waals surface area (Å²) in [6, 6.07) is 13.9. The van der Waals surface area contributed by atoms with E-state index in [9.17, 15) is 4.79 Å². The predicted molar refractivity (Wildman–Crippen MR) is 105 cm³/mol. The molecular weight excluding hydrogens is 402 g/mol. The summed E-state index contributed by atoms with van der Waals surface area (Å²) in [5, 5.41) is 11.2. The normalized spacial score (nSPS) is 15.8. The topological polar surface area (TPSA) is 63.1 Å². The van der Waals surface area contributed by atoms with E-state index in [1.807, 2.05) is 30.3 Å². The maximum Gasteiger partial charge on any atom is 0.236 e. The number of hydrogen-bond acceptors (Lipinski definition) is 5. The van der Waals surface area contributed by atoms with Gasteiger partial charge in [-0.05, 0) is 30.7 Å². The van der Waals surface area contributed by atoms with Gasteiger partial charge in [0.2, 0.25) is 5.91 Å². The first-order chi connectivity index (χ1) is 12.1. The fourth-order valence-electron chi connectivity index (χ4n) is 2.24. The minimum absolute atomic E-state index is 0.0522. The number of nitrogens with zero attached hydrogens (tertiary/aromatic N) is 2. The summed E-state index contributed by atoms with van der Waals surface area (Å²) in [4.78, 5) is 11.1. The molecule has 1 amide bonds. The summed E-state index contributed by atoms with van der Waals surface area (Å²) in [5.74, 6) is 1.05. The highest BCUT2D eigenvalue weighted by atomic mass is 79.9. The summed E-state index contributed by atoms with van der Waals surface area (Å²) < 4.78 is 6.86. The zero-order valence-corrected chi connectivity index (χ0v) is 15.9. The van der Waals surface area contributed by atoms with Gasteiger partial charge in [-0.15, -0.1) is 5.10 Å². The lowest BCUT2D eigenvalue weighted by molar-refractivity contribution is -0.116. The van der Waals surface area contributed by atoms with Gasteiger partial charge in [-0.1, -0.05) is 57.5 Å². The molecule has 0 radical (unpaired) electrons. The van der Waals surface area contributed by atoms with E-state index in [1.165, 1.54) is 17.3 Å². The van der Waals surface area contributed by atoms with Gasteiger partial charge in [0, 0.05) is 10.0 Å². The van der Waals surface area contributed by atoms with Crippen molar-refractivity contribution in [1.29, 1.82) is 0 Å². The number of aryl methyl sites for hydroxylation is 1. The summed E-state index contributed by atoms with van der Waals surface area (Å²) in [6.45, 7) is 2.53. The highest BCUT2D eigenvalue weighted by Crippen LogP contribution is 2.23. The second kappa shape index (κ2) is 8.31. The first-order valence-electron chi connectivity index (χ1n) is 7.62. The Bertz CT molecular complexity index is 852. The first kappa shape index (κ1) is 17.7. The van der Waals surface area contributed by atoms with Crippen molar-refractivity contribution in [3.05, 3.63) is 63.6 Å². The third-order valence-electron chi connectivity index (χ3n) is 3.38. The van der Waals surface area contributed by atoms with E-state index < -0.39 is 0 Å². The van der Waals surface area contributed by atoms with E-state index in [0.717, 1.165) is 21.3 Å². The van der Waals surface area contributed by atoms with Crippen molar-refractivity contribution in [2.75, 3.05) is 5.75 Å². The molecule has 1 aliphatic rings. The molecule has 2 aromatic carbocycles. The third-order valence-corrected chi connectivity index (χ3v) is 4.74. The molecule has 1 N–H and O–H groups in total. The quantitative estimate of drug-likeness (QED) is 0.592. The van der Waals surface area contributed by atoms with Crippen molar-refractivity contribution in [2.24, 2.45) is 10.2 Å². The summed E-state index contributed by atoms with van der Waals surface area (Å²) in [5.41, 5.74) is 3.11. The van der Waals surface area contributed by atoms with Crippen molar-refractivity contribution in [3.8, 4) is 5.75 Å². The van der Waals surface area contributed by atoms with Gasteiger partial charge in [-0.2, -0.15) is 5.10 Å². The van der Waals surface area contributed by atoms with Gasteiger partial charge in [0.25, 0.3) is 0 Å². The van der Waals surface area contributed by atoms with Gasteiger partial charge in [0.15, 0.2) is 5.17 Å². The van der Waals surface area contributed by atoms with Gasteiger partial charge in [0.05, 0.1) is 12.0 Å². The number of amides is 1. The summed E-state index contributed by atoms with van der Waals surface area (Å²) >= 11 is 4.79. The number of halogens is 1. The Morgan fingerprint density at radius 1 is 1.32 bits per heavy atom. The molecule has 2 aromatic rings. The molecule has 128 valence electrons. The summed E-state index contributed by atoms with van der Waals surface area (Å²) in [6.07, 6.45) is 1.62. The smallest absolute Gasteiger partial charge is 0.236 e. The molecule has 1 aliphatic heterocycles. The number of amidine groups is 1. The Kier molecular flexibility index (Phi) is 5.88. The molecule has 7 heteroatoms. The van der Waals surface area contributed by atoms with Crippen LogP contribution in [0.4, 0.5) is 0 Å². The fraction of sp³-hybridized carbons (Fsp3) is 0.167. The van der Waals surface area contributed by atoms with Crippen molar-refractivity contribution < 1.29 is 9.53 Å². The molecule has 0 unspecified atom stereocenters. The molecular formula is C18H16BrN3O2S. The molecule has 3 rings (SSSR count). The Labute approximate surface area is 158 Å². The maximum atomic E-state index is 11.1. The van der Waals surface area contributed by atoms with Crippen LogP contribution >= 0.6 is 27.7 Å². The molecule has 1 saturated heterocycles. The van der Waals surface area contributed by atoms with Gasteiger partial charge in [0.1, 0.15) is 12.4 Å². The average molecular weight is 418 g/mol. The monoisotopic (exact) mass is 417 g/mol. The number of carbonyl (C=O) groups is 1. The molecule has 0 aliphatic carbocycles. The molecule has 0 atom stereocenters. The number of rotatable bonds is 5. The second-order valence-electron chi connectivity index (χ2n) is 5.45. The fourth-order valence-corrected chi connectivity index (χ4v) is 3.25. The molecule has 5 nitrogen and oxygen atoms in total. The van der Waals surface area contributed by atoms with Crippen LogP contribution in [0.1, 0.15) is 16.7 Å². The van der Waals surface area contributed by atoms with E-state index in [1.54, 1.807) is 6.21 Å². The molecule has 25 heavy (non-hydrogen) atoms. The van der Waals surface area contributed by atoms with Gasteiger partial charge in [-0.25, -0.2) is 0 Å². The second-order valence-corrected chi connectivity index (χ2v) is 7.33. The lowest BCUT2D eigenvalue weighted by Gasteiger charge is -2.10. The van der Waals surface area contributed by atoms with Crippen LogP contribution in [0.15, 0.2) is 57.1 Å². The van der Waals surface area contributed by atoms with Crippen LogP contribution < -0.4 is 10.1 Å². The van der Waals surface area contributed by atoms with Crippen LogP contribution in [0.3, 0.4) is 0 Å². The predicted octanol–water partition coefficient (Wildman–Crippen LogP) is 3.89. The molecule has 1 fully saturated rings. The largest absolute Gasteiger partial charge is 0.488 e. The van der Waals surface area contributed by atoms with E-state index in [4.69, 9.17) is 4.74 Å². The standard InChI is InChI=1S/C18H16BrN3O2S/c1-12-3-2-4-13(7-12)10-24-16-6-5-15(19)8-14(16)9-20-22-18-21-17(23)11-25-18/h2-9H,10-11H2,1H3,(H,21,22,23). The van der Waals surface area contributed by atoms with Crippen LogP contribution in [0, 0.1) is 6.92 Å². The number of hydrogen-bond donors (Lipinski definition) is 1. The highest BCUT2D eigenvalue weighted by molar-refractivity contribution is 9.10. The minimum Gasteiger partial charge on any atom is -0.488 e. The highest BCUT2D eigenvalue weighted by Gasteiger charge is 2.16. The van der Waals surface area contributed by atoms with Crippen molar-refractivity contribution in [2.45, 2.75) is 13.5 Å². The molecule has 0 bridgehead atoms. The lowest BCUT2D eigenvalue weighted by Crippen LogP contribution is -2.19. The average Bonchev–Trinajstić information content (AvgIpc) is 2.99. The van der Waals surface area contributed by atoms with Crippen molar-refractivity contribution in [1.82, 2.24) is 5.32 Å². The summed E-state index contributed by atoms with van der Waals surface area (Å²) in [7, 11) is 0. The van der Waals surface area contributed by atoms with E-state index in [2.05, 4.69) is 50.5 Å². The third kappa shape index (κ3) is 5.17. The van der Waals surface area contributed by atoms with Crippen LogP contribution in [-0.4, -0.2) is 23.0 Å². The zero-order chi connectivity index (χ0) is 17.6. The Morgan fingerprint density at radius 2 is 2.20 bits per heavy atom. The lowest BCUT2D eigenvalue weighted by atomic mass is 10.1. The number of ether oxygens (including phenoxy) is 1. The SMILES string of the molecule is Cc1cccc(COc2ccc(Br)cc2C=NN=C2NC(=O)CS2)c1. The number of thioether (sulfide) groups is 1. The van der Waals surface area contributed by atoms with Crippen LogP contribution in [0.2, 0.25) is 0 Å². The van der Waals surface area contributed by atoms with Gasteiger partial charge < -0.3 is 10.1 Å². The van der Waals surface area contributed by atoms with Crippen molar-refractivity contribution >= 4 is 45.0 Å². The maximum absolute atomic E-state index is 11.1. The zero-order valence-electron chi connectivity index (χ0n) is 13.5.